The number of ether oxygens (including phenoxy) is 1. The fourth-order valence-corrected chi connectivity index (χ4v) is 1.98. The molecular formula is C11H20N2O2. The van der Waals surface area contributed by atoms with Gasteiger partial charge in [-0.25, -0.2) is 0 Å². The first-order chi connectivity index (χ1) is 7.25. The Morgan fingerprint density at radius 3 is 3.00 bits per heavy atom. The number of carbonyl (C=O) groups is 1. The molecule has 2 rings (SSSR count). The summed E-state index contributed by atoms with van der Waals surface area (Å²) in [4.78, 5) is 11.6. The summed E-state index contributed by atoms with van der Waals surface area (Å²) in [5.41, 5.74) is 0. The van der Waals surface area contributed by atoms with Gasteiger partial charge in [-0.3, -0.25) is 4.79 Å². The van der Waals surface area contributed by atoms with Crippen LogP contribution in [0.5, 0.6) is 0 Å². The van der Waals surface area contributed by atoms with Crippen molar-refractivity contribution >= 4 is 5.91 Å². The molecule has 15 heavy (non-hydrogen) atoms. The Morgan fingerprint density at radius 1 is 1.60 bits per heavy atom. The zero-order chi connectivity index (χ0) is 10.7. The van der Waals surface area contributed by atoms with E-state index in [0.717, 1.165) is 25.6 Å². The van der Waals surface area contributed by atoms with E-state index in [0.29, 0.717) is 12.5 Å². The van der Waals surface area contributed by atoms with Gasteiger partial charge >= 0.3 is 0 Å². The van der Waals surface area contributed by atoms with Crippen LogP contribution in [0, 0.1) is 5.92 Å². The molecule has 2 unspecified atom stereocenters. The summed E-state index contributed by atoms with van der Waals surface area (Å²) in [6.45, 7) is 4.51. The summed E-state index contributed by atoms with van der Waals surface area (Å²) in [5.74, 6) is 0.849. The molecule has 2 N–H and O–H groups in total. The van der Waals surface area contributed by atoms with Crippen LogP contribution in [-0.2, 0) is 9.53 Å². The Bertz CT molecular complexity index is 223. The van der Waals surface area contributed by atoms with Crippen molar-refractivity contribution in [3.05, 3.63) is 0 Å². The first kappa shape index (κ1) is 10.9. The minimum atomic E-state index is 0.0603. The van der Waals surface area contributed by atoms with Crippen LogP contribution in [-0.4, -0.2) is 37.7 Å². The van der Waals surface area contributed by atoms with Gasteiger partial charge in [0.1, 0.15) is 0 Å². The van der Waals surface area contributed by atoms with E-state index >= 15 is 0 Å². The van der Waals surface area contributed by atoms with Crippen LogP contribution in [0.2, 0.25) is 0 Å². The molecular weight excluding hydrogens is 192 g/mol. The topological polar surface area (TPSA) is 50.4 Å². The van der Waals surface area contributed by atoms with Crippen molar-refractivity contribution in [2.45, 2.75) is 38.3 Å². The third-order valence-corrected chi connectivity index (χ3v) is 3.14. The van der Waals surface area contributed by atoms with E-state index in [2.05, 4.69) is 17.6 Å². The van der Waals surface area contributed by atoms with Gasteiger partial charge in [-0.15, -0.1) is 0 Å². The summed E-state index contributed by atoms with van der Waals surface area (Å²) in [6.07, 6.45) is 3.08. The van der Waals surface area contributed by atoms with Crippen molar-refractivity contribution in [3.63, 3.8) is 0 Å². The minimum absolute atomic E-state index is 0.0603. The van der Waals surface area contributed by atoms with Gasteiger partial charge in [-0.05, 0) is 25.7 Å². The number of amides is 1. The van der Waals surface area contributed by atoms with Crippen molar-refractivity contribution in [2.75, 3.05) is 19.7 Å². The van der Waals surface area contributed by atoms with Gasteiger partial charge in [-0.1, -0.05) is 0 Å². The second kappa shape index (κ2) is 4.94. The second-order valence-electron chi connectivity index (χ2n) is 4.59. The third-order valence-electron chi connectivity index (χ3n) is 3.14. The predicted molar refractivity (Wildman–Crippen MR) is 57.6 cm³/mol. The molecule has 0 bridgehead atoms. The molecule has 4 nitrogen and oxygen atoms in total. The second-order valence-corrected chi connectivity index (χ2v) is 4.59. The van der Waals surface area contributed by atoms with Crippen LogP contribution in [0.4, 0.5) is 0 Å². The first-order valence-corrected chi connectivity index (χ1v) is 5.87. The summed E-state index contributed by atoms with van der Waals surface area (Å²) in [5, 5.41) is 6.27. The highest BCUT2D eigenvalue weighted by Gasteiger charge is 2.29. The number of nitrogens with one attached hydrogen (secondary N) is 2. The molecule has 0 radical (unpaired) electrons. The lowest BCUT2D eigenvalue weighted by atomic mass is 10.2. The molecule has 0 aromatic carbocycles. The lowest BCUT2D eigenvalue weighted by Gasteiger charge is -2.23. The van der Waals surface area contributed by atoms with Crippen molar-refractivity contribution in [1.29, 1.82) is 0 Å². The van der Waals surface area contributed by atoms with Crippen LogP contribution in [0.25, 0.3) is 0 Å². The van der Waals surface area contributed by atoms with E-state index in [1.807, 2.05) is 0 Å². The van der Waals surface area contributed by atoms with Crippen LogP contribution >= 0.6 is 0 Å². The molecule has 4 heteroatoms. The van der Waals surface area contributed by atoms with E-state index < -0.39 is 0 Å². The zero-order valence-corrected chi connectivity index (χ0v) is 9.29. The average Bonchev–Trinajstić information content (AvgIpc) is 3.01. The maximum Gasteiger partial charge on any atom is 0.222 e. The van der Waals surface area contributed by atoms with Crippen molar-refractivity contribution in [1.82, 2.24) is 10.6 Å². The number of carbonyl (C=O) groups excluding carboxylic acids is 1. The minimum Gasteiger partial charge on any atom is -0.375 e. The molecule has 1 saturated heterocycles. The van der Waals surface area contributed by atoms with Crippen LogP contribution < -0.4 is 10.6 Å². The quantitative estimate of drug-likeness (QED) is 0.704. The van der Waals surface area contributed by atoms with Gasteiger partial charge < -0.3 is 15.4 Å². The highest BCUT2D eigenvalue weighted by Crippen LogP contribution is 2.32. The van der Waals surface area contributed by atoms with Crippen molar-refractivity contribution < 1.29 is 9.53 Å². The lowest BCUT2D eigenvalue weighted by Crippen LogP contribution is -2.43. The SMILES string of the molecule is CC(NC(=O)CC1CNCCO1)C1CC1. The highest BCUT2D eigenvalue weighted by molar-refractivity contribution is 5.76. The van der Waals surface area contributed by atoms with E-state index in [-0.39, 0.29) is 12.0 Å². The number of rotatable bonds is 4. The fourth-order valence-electron chi connectivity index (χ4n) is 1.98. The van der Waals surface area contributed by atoms with Gasteiger partial charge in [0.15, 0.2) is 0 Å². The van der Waals surface area contributed by atoms with Crippen molar-refractivity contribution in [2.24, 2.45) is 5.92 Å². The number of morpholine rings is 1. The highest BCUT2D eigenvalue weighted by atomic mass is 16.5. The summed E-state index contributed by atoms with van der Waals surface area (Å²) < 4.78 is 5.48. The summed E-state index contributed by atoms with van der Waals surface area (Å²) >= 11 is 0. The van der Waals surface area contributed by atoms with E-state index in [9.17, 15) is 4.79 Å². The monoisotopic (exact) mass is 212 g/mol. The van der Waals surface area contributed by atoms with Gasteiger partial charge in [-0.2, -0.15) is 0 Å². The van der Waals surface area contributed by atoms with Gasteiger partial charge in [0, 0.05) is 19.1 Å². The fraction of sp³-hybridized carbons (Fsp3) is 0.909. The molecule has 2 atom stereocenters. The zero-order valence-electron chi connectivity index (χ0n) is 9.29. The Kier molecular flexibility index (Phi) is 3.59. The molecule has 1 saturated carbocycles. The first-order valence-electron chi connectivity index (χ1n) is 5.87. The summed E-state index contributed by atoms with van der Waals surface area (Å²) in [7, 11) is 0. The van der Waals surface area contributed by atoms with Gasteiger partial charge in [0.2, 0.25) is 5.91 Å². The normalized spacial score (nSPS) is 28.5. The maximum atomic E-state index is 11.6. The number of hydrogen-bond donors (Lipinski definition) is 2. The lowest BCUT2D eigenvalue weighted by molar-refractivity contribution is -0.125. The van der Waals surface area contributed by atoms with Crippen molar-refractivity contribution in [3.8, 4) is 0 Å². The Morgan fingerprint density at radius 2 is 2.40 bits per heavy atom. The molecule has 2 aliphatic rings. The molecule has 1 aliphatic heterocycles. The molecule has 0 aromatic rings. The Labute approximate surface area is 90.8 Å². The molecule has 1 heterocycles. The van der Waals surface area contributed by atoms with E-state index in [1.165, 1.54) is 12.8 Å². The smallest absolute Gasteiger partial charge is 0.222 e. The van der Waals surface area contributed by atoms with Gasteiger partial charge in [0.05, 0.1) is 19.1 Å². The number of hydrogen-bond acceptors (Lipinski definition) is 3. The maximum absolute atomic E-state index is 11.6. The molecule has 1 amide bonds. The molecule has 1 aliphatic carbocycles. The van der Waals surface area contributed by atoms with E-state index in [1.54, 1.807) is 0 Å². The average molecular weight is 212 g/mol. The Balaban J connectivity index is 1.66. The summed E-state index contributed by atoms with van der Waals surface area (Å²) in [6, 6.07) is 0.342. The van der Waals surface area contributed by atoms with Crippen LogP contribution in [0.1, 0.15) is 26.2 Å². The molecule has 86 valence electrons. The molecule has 0 spiro atoms. The molecule has 2 fully saturated rings. The van der Waals surface area contributed by atoms with Crippen LogP contribution in [0.3, 0.4) is 0 Å². The third kappa shape index (κ3) is 3.47. The Hall–Kier alpha value is -0.610. The predicted octanol–water partition coefficient (Wildman–Crippen LogP) is 0.280. The molecule has 0 aromatic heterocycles. The largest absolute Gasteiger partial charge is 0.375 e. The van der Waals surface area contributed by atoms with Gasteiger partial charge in [0.25, 0.3) is 0 Å². The van der Waals surface area contributed by atoms with Crippen LogP contribution in [0.15, 0.2) is 0 Å². The van der Waals surface area contributed by atoms with E-state index in [4.69, 9.17) is 4.74 Å². The standard InChI is InChI=1S/C11H20N2O2/c1-8(9-2-3-9)13-11(14)6-10-7-12-4-5-15-10/h8-10,12H,2-7H2,1H3,(H,13,14).